The van der Waals surface area contributed by atoms with Gasteiger partial charge < -0.3 is 9.80 Å². The highest BCUT2D eigenvalue weighted by Gasteiger charge is 2.42. The Balaban J connectivity index is 1.15. The maximum absolute atomic E-state index is 11.9. The Morgan fingerprint density at radius 3 is 2.16 bits per heavy atom. The Morgan fingerprint density at radius 1 is 1.00 bits per heavy atom. The second-order valence-electron chi connectivity index (χ2n) is 10.6. The number of rotatable bonds is 6. The molecular weight excluding hydrogens is 386 g/mol. The molecule has 1 aliphatic carbocycles. The first-order valence-corrected chi connectivity index (χ1v) is 12.6. The minimum absolute atomic E-state index is 0.339. The second kappa shape index (κ2) is 8.78. The summed E-state index contributed by atoms with van der Waals surface area (Å²) in [5.41, 5.74) is 1.31. The molecule has 1 aromatic heterocycles. The van der Waals surface area contributed by atoms with Crippen LogP contribution in [0.3, 0.4) is 0 Å². The van der Waals surface area contributed by atoms with Gasteiger partial charge in [0.15, 0.2) is 0 Å². The summed E-state index contributed by atoms with van der Waals surface area (Å²) in [5, 5.41) is 0. The SMILES string of the molecule is CCC(=O)C1CC(N2CCC(c3cnc(N4C5CCC4CN(C(C)C)C5)nc3)CC2)C1. The lowest BCUT2D eigenvalue weighted by molar-refractivity contribution is -0.127. The number of carbonyl (C=O) groups excluding carboxylic acids is 1. The van der Waals surface area contributed by atoms with E-state index in [2.05, 4.69) is 40.9 Å². The smallest absolute Gasteiger partial charge is 0.225 e. The Kier molecular flexibility index (Phi) is 6.04. The number of aromatic nitrogens is 2. The minimum Gasteiger partial charge on any atom is -0.332 e. The van der Waals surface area contributed by atoms with Gasteiger partial charge in [-0.05, 0) is 76.9 Å². The number of hydrogen-bond donors (Lipinski definition) is 0. The van der Waals surface area contributed by atoms with E-state index < -0.39 is 0 Å². The van der Waals surface area contributed by atoms with E-state index in [0.717, 1.165) is 45.0 Å². The van der Waals surface area contributed by atoms with Crippen LogP contribution < -0.4 is 4.90 Å². The largest absolute Gasteiger partial charge is 0.332 e. The Hall–Kier alpha value is -1.53. The van der Waals surface area contributed by atoms with Crippen LogP contribution >= 0.6 is 0 Å². The first kappa shape index (κ1) is 21.3. The third-order valence-corrected chi connectivity index (χ3v) is 8.56. The first-order chi connectivity index (χ1) is 15.0. The molecule has 4 heterocycles. The maximum Gasteiger partial charge on any atom is 0.225 e. The molecule has 0 amide bonds. The van der Waals surface area contributed by atoms with Crippen molar-refractivity contribution in [2.75, 3.05) is 31.1 Å². The monoisotopic (exact) mass is 425 g/mol. The molecule has 3 saturated heterocycles. The van der Waals surface area contributed by atoms with Crippen molar-refractivity contribution in [2.45, 2.75) is 95.8 Å². The predicted molar refractivity (Wildman–Crippen MR) is 123 cm³/mol. The van der Waals surface area contributed by atoms with Crippen molar-refractivity contribution in [3.05, 3.63) is 18.0 Å². The maximum atomic E-state index is 11.9. The topological polar surface area (TPSA) is 52.6 Å². The third kappa shape index (κ3) is 4.13. The lowest BCUT2D eigenvalue weighted by Crippen LogP contribution is -2.56. The van der Waals surface area contributed by atoms with E-state index in [0.29, 0.717) is 48.2 Å². The van der Waals surface area contributed by atoms with Crippen molar-refractivity contribution in [3.63, 3.8) is 0 Å². The molecule has 6 heteroatoms. The Labute approximate surface area is 187 Å². The number of carbonyl (C=O) groups is 1. The molecule has 2 bridgehead atoms. The van der Waals surface area contributed by atoms with Crippen molar-refractivity contribution in [3.8, 4) is 0 Å². The minimum atomic E-state index is 0.339. The average Bonchev–Trinajstić information content (AvgIpc) is 3.02. The van der Waals surface area contributed by atoms with Gasteiger partial charge in [-0.3, -0.25) is 9.69 Å². The molecule has 4 fully saturated rings. The molecule has 1 aromatic rings. The lowest BCUT2D eigenvalue weighted by atomic mass is 9.75. The van der Waals surface area contributed by atoms with Crippen molar-refractivity contribution in [2.24, 2.45) is 5.92 Å². The quantitative estimate of drug-likeness (QED) is 0.696. The van der Waals surface area contributed by atoms with Crippen LogP contribution in [0.25, 0.3) is 0 Å². The fourth-order valence-corrected chi connectivity index (χ4v) is 6.39. The van der Waals surface area contributed by atoms with E-state index in [1.54, 1.807) is 0 Å². The molecule has 0 N–H and O–H groups in total. The van der Waals surface area contributed by atoms with Gasteiger partial charge in [-0.2, -0.15) is 0 Å². The summed E-state index contributed by atoms with van der Waals surface area (Å²) in [6.45, 7) is 11.2. The number of Topliss-reactive ketones (excluding diaryl/α,β-unsaturated/α-hetero) is 1. The van der Waals surface area contributed by atoms with Crippen molar-refractivity contribution >= 4 is 11.7 Å². The van der Waals surface area contributed by atoms with Crippen LogP contribution in [-0.2, 0) is 4.79 Å². The third-order valence-electron chi connectivity index (χ3n) is 8.56. The summed E-state index contributed by atoms with van der Waals surface area (Å²) < 4.78 is 0. The molecule has 0 aromatic carbocycles. The molecule has 31 heavy (non-hydrogen) atoms. The van der Waals surface area contributed by atoms with Gasteiger partial charge in [-0.25, -0.2) is 9.97 Å². The average molecular weight is 426 g/mol. The normalized spacial score (nSPS) is 32.5. The first-order valence-electron chi connectivity index (χ1n) is 12.6. The van der Waals surface area contributed by atoms with Crippen LogP contribution in [0.15, 0.2) is 12.4 Å². The highest BCUT2D eigenvalue weighted by molar-refractivity contribution is 5.81. The Bertz CT molecular complexity index is 753. The Morgan fingerprint density at radius 2 is 1.61 bits per heavy atom. The second-order valence-corrected chi connectivity index (χ2v) is 10.6. The highest BCUT2D eigenvalue weighted by atomic mass is 16.1. The van der Waals surface area contributed by atoms with Crippen LogP contribution in [0, 0.1) is 5.92 Å². The fraction of sp³-hybridized carbons (Fsp3) is 0.800. The fourth-order valence-electron chi connectivity index (χ4n) is 6.39. The highest BCUT2D eigenvalue weighted by Crippen LogP contribution is 2.38. The molecular formula is C25H39N5O. The molecule has 170 valence electrons. The molecule has 0 spiro atoms. The molecule has 6 nitrogen and oxygen atoms in total. The van der Waals surface area contributed by atoms with E-state index in [-0.39, 0.29) is 0 Å². The van der Waals surface area contributed by atoms with Gasteiger partial charge in [-0.1, -0.05) is 6.92 Å². The lowest BCUT2D eigenvalue weighted by Gasteiger charge is -2.45. The van der Waals surface area contributed by atoms with E-state index in [9.17, 15) is 4.79 Å². The van der Waals surface area contributed by atoms with E-state index in [1.165, 1.54) is 31.2 Å². The number of ketones is 1. The van der Waals surface area contributed by atoms with Crippen molar-refractivity contribution in [1.82, 2.24) is 19.8 Å². The summed E-state index contributed by atoms with van der Waals surface area (Å²) in [6, 6.07) is 2.40. The van der Waals surface area contributed by atoms with Crippen LogP contribution in [-0.4, -0.2) is 75.9 Å². The number of likely N-dealkylation sites (tertiary alicyclic amines) is 2. The van der Waals surface area contributed by atoms with E-state index in [1.807, 2.05) is 6.92 Å². The molecule has 3 aliphatic heterocycles. The van der Waals surface area contributed by atoms with E-state index in [4.69, 9.17) is 9.97 Å². The zero-order valence-corrected chi connectivity index (χ0v) is 19.5. The van der Waals surface area contributed by atoms with Crippen LogP contribution in [0.1, 0.15) is 77.2 Å². The number of piperazine rings is 1. The molecule has 4 aliphatic rings. The van der Waals surface area contributed by atoms with Crippen molar-refractivity contribution < 1.29 is 4.79 Å². The molecule has 0 radical (unpaired) electrons. The summed E-state index contributed by atoms with van der Waals surface area (Å²) in [5.74, 6) is 2.32. The van der Waals surface area contributed by atoms with E-state index >= 15 is 0 Å². The number of piperidine rings is 1. The summed E-state index contributed by atoms with van der Waals surface area (Å²) in [6.07, 6.45) is 12.0. The number of fused-ring (bicyclic) bond motifs is 2. The number of hydrogen-bond acceptors (Lipinski definition) is 6. The predicted octanol–water partition coefficient (Wildman–Crippen LogP) is 3.48. The van der Waals surface area contributed by atoms with Gasteiger partial charge >= 0.3 is 0 Å². The van der Waals surface area contributed by atoms with Crippen LogP contribution in [0.5, 0.6) is 0 Å². The molecule has 2 atom stereocenters. The summed E-state index contributed by atoms with van der Waals surface area (Å²) in [4.78, 5) is 29.3. The zero-order valence-electron chi connectivity index (χ0n) is 19.5. The number of nitrogens with zero attached hydrogens (tertiary/aromatic N) is 5. The molecule has 5 rings (SSSR count). The molecule has 2 unspecified atom stereocenters. The van der Waals surface area contributed by atoms with Gasteiger partial charge in [0.25, 0.3) is 0 Å². The van der Waals surface area contributed by atoms with Crippen LogP contribution in [0.2, 0.25) is 0 Å². The van der Waals surface area contributed by atoms with Crippen molar-refractivity contribution in [1.29, 1.82) is 0 Å². The van der Waals surface area contributed by atoms with Gasteiger partial charge in [0.1, 0.15) is 5.78 Å². The van der Waals surface area contributed by atoms with Gasteiger partial charge in [-0.15, -0.1) is 0 Å². The number of anilines is 1. The zero-order chi connectivity index (χ0) is 21.5. The molecule has 1 saturated carbocycles. The van der Waals surface area contributed by atoms with Gasteiger partial charge in [0.2, 0.25) is 5.95 Å². The summed E-state index contributed by atoms with van der Waals surface area (Å²) in [7, 11) is 0. The van der Waals surface area contributed by atoms with Crippen LogP contribution in [0.4, 0.5) is 5.95 Å². The van der Waals surface area contributed by atoms with Gasteiger partial charge in [0.05, 0.1) is 0 Å². The summed E-state index contributed by atoms with van der Waals surface area (Å²) >= 11 is 0. The standard InChI is InChI=1S/C25H39N5O/c1-4-24(31)19-11-23(12-19)28-9-7-18(8-10-28)20-13-26-25(27-14-20)30-21-5-6-22(30)16-29(15-21)17(2)3/h13-14,17-19,21-23H,4-12,15-16H2,1-3H3. The van der Waals surface area contributed by atoms with Gasteiger partial charge in [0, 0.05) is 62.0 Å².